The van der Waals surface area contributed by atoms with Crippen molar-refractivity contribution in [1.82, 2.24) is 0 Å². The highest BCUT2D eigenvalue weighted by Gasteiger charge is 2.56. The van der Waals surface area contributed by atoms with Gasteiger partial charge in [0.25, 0.3) is 0 Å². The Morgan fingerprint density at radius 1 is 0.550 bits per heavy atom. The number of hydrogen-bond donors (Lipinski definition) is 0. The lowest BCUT2D eigenvalue weighted by Gasteiger charge is -2.41. The molecule has 106 valence electrons. The second kappa shape index (κ2) is 3.90. The van der Waals surface area contributed by atoms with Crippen molar-refractivity contribution in [2.75, 3.05) is 0 Å². The molecule has 6 heteroatoms. The first-order chi connectivity index (χ1) is 9.54. The topological polar surface area (TPSA) is 86.7 Å². The average Bonchev–Trinajstić information content (AvgIpc) is 2.84. The minimum Gasteiger partial charge on any atom is -0.393 e. The van der Waals surface area contributed by atoms with Crippen LogP contribution in [0.5, 0.6) is 0 Å². The summed E-state index contributed by atoms with van der Waals surface area (Å²) in [6, 6.07) is 0. The molecule has 6 atom stereocenters. The third kappa shape index (κ3) is 1.50. The summed E-state index contributed by atoms with van der Waals surface area (Å²) in [6.07, 6.45) is 2.35. The Morgan fingerprint density at radius 3 is 1.05 bits per heavy atom. The zero-order valence-corrected chi connectivity index (χ0v) is 10.7. The number of esters is 4. The van der Waals surface area contributed by atoms with Crippen LogP contribution in [0, 0.1) is 35.5 Å². The molecule has 2 saturated heterocycles. The third-order valence-electron chi connectivity index (χ3n) is 5.48. The summed E-state index contributed by atoms with van der Waals surface area (Å²) in [5.41, 5.74) is 0. The average molecular weight is 278 g/mol. The van der Waals surface area contributed by atoms with Gasteiger partial charge in [-0.15, -0.1) is 0 Å². The first-order valence-corrected chi connectivity index (χ1v) is 7.05. The lowest BCUT2D eigenvalue weighted by Crippen LogP contribution is -2.41. The summed E-state index contributed by atoms with van der Waals surface area (Å²) in [7, 11) is 0. The first-order valence-electron chi connectivity index (χ1n) is 7.05. The Hall–Kier alpha value is -1.72. The molecule has 20 heavy (non-hydrogen) atoms. The SMILES string of the molecule is O=C1OC(=O)[C@@H]2CC3C[C@@H]4C(=O)OC(=O)[C@@H]4CC3C[C@H]12. The van der Waals surface area contributed by atoms with E-state index in [1.54, 1.807) is 0 Å². The van der Waals surface area contributed by atoms with Crippen LogP contribution in [0.4, 0.5) is 0 Å². The monoisotopic (exact) mass is 278 g/mol. The molecule has 4 fully saturated rings. The lowest BCUT2D eigenvalue weighted by atomic mass is 9.59. The molecule has 4 aliphatic rings. The second-order valence-corrected chi connectivity index (χ2v) is 6.37. The summed E-state index contributed by atoms with van der Waals surface area (Å²) in [4.78, 5) is 46.6. The van der Waals surface area contributed by atoms with Crippen molar-refractivity contribution in [2.24, 2.45) is 35.5 Å². The quantitative estimate of drug-likeness (QED) is 0.472. The van der Waals surface area contributed by atoms with Crippen molar-refractivity contribution < 1.29 is 28.7 Å². The molecule has 0 aromatic carbocycles. The van der Waals surface area contributed by atoms with Crippen molar-refractivity contribution in [3.8, 4) is 0 Å². The van der Waals surface area contributed by atoms with Crippen LogP contribution in [-0.2, 0) is 28.7 Å². The molecule has 0 N–H and O–H groups in total. The smallest absolute Gasteiger partial charge is 0.317 e. The Morgan fingerprint density at radius 2 is 0.800 bits per heavy atom. The molecule has 0 bridgehead atoms. The van der Waals surface area contributed by atoms with E-state index in [4.69, 9.17) is 9.47 Å². The number of cyclic esters (lactones) is 4. The molecule has 4 rings (SSSR count). The van der Waals surface area contributed by atoms with E-state index in [2.05, 4.69) is 0 Å². The summed E-state index contributed by atoms with van der Waals surface area (Å²) in [5, 5.41) is 0. The molecular formula is C14H14O6. The third-order valence-corrected chi connectivity index (χ3v) is 5.48. The molecule has 6 nitrogen and oxygen atoms in total. The van der Waals surface area contributed by atoms with Crippen LogP contribution in [0.25, 0.3) is 0 Å². The minimum absolute atomic E-state index is 0.203. The van der Waals surface area contributed by atoms with E-state index < -0.39 is 23.9 Å². The fourth-order valence-corrected chi connectivity index (χ4v) is 4.47. The highest BCUT2D eigenvalue weighted by Crippen LogP contribution is 2.52. The van der Waals surface area contributed by atoms with Crippen molar-refractivity contribution >= 4 is 23.9 Å². The second-order valence-electron chi connectivity index (χ2n) is 6.37. The van der Waals surface area contributed by atoms with Gasteiger partial charge in [-0.2, -0.15) is 0 Å². The van der Waals surface area contributed by atoms with E-state index in [0.717, 1.165) is 0 Å². The van der Waals surface area contributed by atoms with E-state index in [1.807, 2.05) is 0 Å². The molecule has 2 aliphatic carbocycles. The molecule has 2 heterocycles. The van der Waals surface area contributed by atoms with Gasteiger partial charge < -0.3 is 9.47 Å². The highest BCUT2D eigenvalue weighted by atomic mass is 16.6. The zero-order valence-electron chi connectivity index (χ0n) is 10.7. The Labute approximate surface area is 114 Å². The van der Waals surface area contributed by atoms with Crippen LogP contribution >= 0.6 is 0 Å². The Kier molecular flexibility index (Phi) is 2.35. The fraction of sp³-hybridized carbons (Fsp3) is 0.714. The van der Waals surface area contributed by atoms with Crippen LogP contribution < -0.4 is 0 Å². The van der Waals surface area contributed by atoms with Gasteiger partial charge in [0.15, 0.2) is 0 Å². The maximum atomic E-state index is 11.6. The number of carbonyl (C=O) groups is 4. The van der Waals surface area contributed by atoms with Gasteiger partial charge in [0.1, 0.15) is 0 Å². The molecule has 2 aliphatic heterocycles. The number of rotatable bonds is 0. The number of carbonyl (C=O) groups excluding carboxylic acids is 4. The first kappa shape index (κ1) is 12.1. The normalized spacial score (nSPS) is 46.4. The van der Waals surface area contributed by atoms with E-state index in [9.17, 15) is 19.2 Å². The fourth-order valence-electron chi connectivity index (χ4n) is 4.47. The number of fused-ring (bicyclic) bond motifs is 3. The van der Waals surface area contributed by atoms with E-state index in [-0.39, 0.29) is 35.5 Å². The predicted molar refractivity (Wildman–Crippen MR) is 61.6 cm³/mol. The molecule has 0 radical (unpaired) electrons. The standard InChI is InChI=1S/C14H14O6/c15-11-7-1-5-2-9-10(14(18)20-13(9)17)4-6(5)3-8(7)12(16)19-11/h5-10H,1-4H2/t5?,6?,7-,8+,9+,10-. The van der Waals surface area contributed by atoms with Crippen LogP contribution in [0.15, 0.2) is 0 Å². The van der Waals surface area contributed by atoms with E-state index in [1.165, 1.54) is 0 Å². The number of ether oxygens (including phenoxy) is 2. The van der Waals surface area contributed by atoms with Crippen LogP contribution in [0.1, 0.15) is 25.7 Å². The van der Waals surface area contributed by atoms with Gasteiger partial charge >= 0.3 is 23.9 Å². The molecule has 0 aromatic rings. The van der Waals surface area contributed by atoms with Crippen molar-refractivity contribution in [1.29, 1.82) is 0 Å². The van der Waals surface area contributed by atoms with Crippen LogP contribution in [-0.4, -0.2) is 23.9 Å². The summed E-state index contributed by atoms with van der Waals surface area (Å²) < 4.78 is 9.43. The lowest BCUT2D eigenvalue weighted by molar-refractivity contribution is -0.155. The molecule has 2 saturated carbocycles. The maximum absolute atomic E-state index is 11.6. The minimum atomic E-state index is -0.425. The van der Waals surface area contributed by atoms with Gasteiger partial charge in [0, 0.05) is 0 Å². The van der Waals surface area contributed by atoms with Crippen molar-refractivity contribution in [3.63, 3.8) is 0 Å². The van der Waals surface area contributed by atoms with E-state index in [0.29, 0.717) is 25.7 Å². The predicted octanol–water partition coefficient (Wildman–Crippen LogP) is 0.438. The molecule has 0 aromatic heterocycles. The zero-order chi connectivity index (χ0) is 14.0. The van der Waals surface area contributed by atoms with Gasteiger partial charge in [0.2, 0.25) is 0 Å². The van der Waals surface area contributed by atoms with Crippen LogP contribution in [0.2, 0.25) is 0 Å². The van der Waals surface area contributed by atoms with Crippen molar-refractivity contribution in [2.45, 2.75) is 25.7 Å². The molecule has 2 unspecified atom stereocenters. The van der Waals surface area contributed by atoms with E-state index >= 15 is 0 Å². The molecule has 0 amide bonds. The Bertz CT molecular complexity index is 446. The van der Waals surface area contributed by atoms with Gasteiger partial charge in [-0.1, -0.05) is 0 Å². The van der Waals surface area contributed by atoms with Crippen LogP contribution in [0.3, 0.4) is 0 Å². The molecule has 0 spiro atoms. The summed E-state index contributed by atoms with van der Waals surface area (Å²) in [5.74, 6) is -2.71. The number of hydrogen-bond acceptors (Lipinski definition) is 6. The maximum Gasteiger partial charge on any atom is 0.317 e. The highest BCUT2D eigenvalue weighted by molar-refractivity contribution is 5.97. The van der Waals surface area contributed by atoms with Gasteiger partial charge in [-0.3, -0.25) is 19.2 Å². The van der Waals surface area contributed by atoms with Gasteiger partial charge in [-0.25, -0.2) is 0 Å². The summed E-state index contributed by atoms with van der Waals surface area (Å²) >= 11 is 0. The Balaban J connectivity index is 1.59. The van der Waals surface area contributed by atoms with Gasteiger partial charge in [0.05, 0.1) is 23.7 Å². The molecular weight excluding hydrogens is 264 g/mol. The van der Waals surface area contributed by atoms with Gasteiger partial charge in [-0.05, 0) is 37.5 Å². The van der Waals surface area contributed by atoms with Crippen molar-refractivity contribution in [3.05, 3.63) is 0 Å². The summed E-state index contributed by atoms with van der Waals surface area (Å²) in [6.45, 7) is 0. The largest absolute Gasteiger partial charge is 0.393 e.